The van der Waals surface area contributed by atoms with Crippen molar-refractivity contribution in [2.75, 3.05) is 44.8 Å². The Kier molecular flexibility index (Phi) is 5.99. The first kappa shape index (κ1) is 18.7. The van der Waals surface area contributed by atoms with Gasteiger partial charge in [-0.1, -0.05) is 18.2 Å². The molecule has 0 amide bonds. The molecule has 0 unspecified atom stereocenters. The van der Waals surface area contributed by atoms with Crippen molar-refractivity contribution in [1.82, 2.24) is 9.88 Å². The number of nitrogens with zero attached hydrogens (tertiary/aromatic N) is 2. The number of morpholine rings is 1. The summed E-state index contributed by atoms with van der Waals surface area (Å²) in [6.07, 6.45) is 1.69. The number of hydrogen-bond donors (Lipinski definition) is 1. The molecule has 0 radical (unpaired) electrons. The van der Waals surface area contributed by atoms with Gasteiger partial charge in [-0.2, -0.15) is 0 Å². The van der Waals surface area contributed by atoms with Crippen LogP contribution in [0.2, 0.25) is 0 Å². The molecule has 1 aromatic heterocycles. The van der Waals surface area contributed by atoms with Crippen LogP contribution in [0, 0.1) is 5.82 Å². The molecule has 28 heavy (non-hydrogen) atoms. The van der Waals surface area contributed by atoms with E-state index >= 15 is 0 Å². The maximum absolute atomic E-state index is 13.4. The van der Waals surface area contributed by atoms with Crippen LogP contribution < -0.4 is 10.1 Å². The number of nitrogens with one attached hydrogen (secondary N) is 1. The number of hydrogen-bond acceptors (Lipinski definition) is 5. The minimum absolute atomic E-state index is 0.281. The number of rotatable bonds is 7. The predicted octanol–water partition coefficient (Wildman–Crippen LogP) is 3.70. The largest absolute Gasteiger partial charge is 0.492 e. The standard InChI is InChI=1S/C22H24FN3O2/c23-18-5-6-19-20(7-8-24-21(19)15-18)25-16-17-3-1-2-4-22(17)28-14-11-26-9-12-27-13-10-26/h1-8,15H,9-14,16H2,(H,24,25). The predicted molar refractivity (Wildman–Crippen MR) is 108 cm³/mol. The van der Waals surface area contributed by atoms with Crippen LogP contribution in [0.4, 0.5) is 10.1 Å². The number of halogens is 1. The second-order valence-corrected chi connectivity index (χ2v) is 6.78. The van der Waals surface area contributed by atoms with Crippen molar-refractivity contribution in [3.8, 4) is 5.75 Å². The van der Waals surface area contributed by atoms with Gasteiger partial charge < -0.3 is 14.8 Å². The van der Waals surface area contributed by atoms with E-state index in [4.69, 9.17) is 9.47 Å². The maximum atomic E-state index is 13.4. The highest BCUT2D eigenvalue weighted by molar-refractivity contribution is 5.90. The van der Waals surface area contributed by atoms with Gasteiger partial charge in [-0.05, 0) is 24.3 Å². The molecule has 0 bridgehead atoms. The zero-order valence-electron chi connectivity index (χ0n) is 15.7. The zero-order valence-corrected chi connectivity index (χ0v) is 15.7. The Hall–Kier alpha value is -2.70. The van der Waals surface area contributed by atoms with E-state index in [-0.39, 0.29) is 5.82 Å². The van der Waals surface area contributed by atoms with Crippen molar-refractivity contribution in [3.05, 3.63) is 66.1 Å². The van der Waals surface area contributed by atoms with Gasteiger partial charge in [-0.15, -0.1) is 0 Å². The first-order chi connectivity index (χ1) is 13.8. The quantitative estimate of drug-likeness (QED) is 0.676. The number of anilines is 1. The lowest BCUT2D eigenvalue weighted by atomic mass is 10.1. The average Bonchev–Trinajstić information content (AvgIpc) is 2.73. The number of pyridine rings is 1. The molecule has 3 aromatic rings. The summed E-state index contributed by atoms with van der Waals surface area (Å²) in [5.74, 6) is 0.601. The van der Waals surface area contributed by atoms with Crippen LogP contribution in [0.15, 0.2) is 54.7 Å². The van der Waals surface area contributed by atoms with E-state index in [1.165, 1.54) is 12.1 Å². The highest BCUT2D eigenvalue weighted by atomic mass is 19.1. The van der Waals surface area contributed by atoms with Gasteiger partial charge in [0.25, 0.3) is 0 Å². The number of para-hydroxylation sites is 1. The van der Waals surface area contributed by atoms with Crippen LogP contribution in [-0.2, 0) is 11.3 Å². The van der Waals surface area contributed by atoms with E-state index in [1.807, 2.05) is 24.3 Å². The van der Waals surface area contributed by atoms with Gasteiger partial charge in [-0.3, -0.25) is 9.88 Å². The van der Waals surface area contributed by atoms with E-state index in [0.29, 0.717) is 18.7 Å². The smallest absolute Gasteiger partial charge is 0.125 e. The summed E-state index contributed by atoms with van der Waals surface area (Å²) < 4.78 is 24.9. The third-order valence-corrected chi connectivity index (χ3v) is 4.92. The molecule has 1 aliphatic heterocycles. The Morgan fingerprint density at radius 1 is 1.11 bits per heavy atom. The highest BCUT2D eigenvalue weighted by Gasteiger charge is 2.11. The fraction of sp³-hybridized carbons (Fsp3) is 0.318. The Bertz CT molecular complexity index is 929. The molecule has 6 heteroatoms. The van der Waals surface area contributed by atoms with Gasteiger partial charge >= 0.3 is 0 Å². The molecule has 146 valence electrons. The van der Waals surface area contributed by atoms with Crippen molar-refractivity contribution in [1.29, 1.82) is 0 Å². The Balaban J connectivity index is 1.40. The van der Waals surface area contributed by atoms with Crippen LogP contribution in [-0.4, -0.2) is 49.3 Å². The van der Waals surface area contributed by atoms with E-state index < -0.39 is 0 Å². The molecule has 4 rings (SSSR count). The first-order valence-corrected chi connectivity index (χ1v) is 9.58. The van der Waals surface area contributed by atoms with Crippen LogP contribution in [0.5, 0.6) is 5.75 Å². The van der Waals surface area contributed by atoms with E-state index in [1.54, 1.807) is 12.3 Å². The number of aromatic nitrogens is 1. The summed E-state index contributed by atoms with van der Waals surface area (Å²) in [6.45, 7) is 5.67. The van der Waals surface area contributed by atoms with Gasteiger partial charge in [0, 0.05) is 55.1 Å². The molecule has 2 heterocycles. The minimum Gasteiger partial charge on any atom is -0.492 e. The molecule has 0 aliphatic carbocycles. The third kappa shape index (κ3) is 4.58. The normalized spacial score (nSPS) is 14.9. The van der Waals surface area contributed by atoms with Crippen molar-refractivity contribution in [2.45, 2.75) is 6.54 Å². The Morgan fingerprint density at radius 3 is 2.86 bits per heavy atom. The van der Waals surface area contributed by atoms with Gasteiger partial charge in [0.2, 0.25) is 0 Å². The topological polar surface area (TPSA) is 46.6 Å². The van der Waals surface area contributed by atoms with Crippen molar-refractivity contribution < 1.29 is 13.9 Å². The number of benzene rings is 2. The minimum atomic E-state index is -0.281. The lowest BCUT2D eigenvalue weighted by Crippen LogP contribution is -2.38. The molecule has 5 nitrogen and oxygen atoms in total. The SMILES string of the molecule is Fc1ccc2c(NCc3ccccc3OCCN3CCOCC3)ccnc2c1. The Morgan fingerprint density at radius 2 is 1.96 bits per heavy atom. The zero-order chi connectivity index (χ0) is 19.2. The maximum Gasteiger partial charge on any atom is 0.125 e. The van der Waals surface area contributed by atoms with Crippen molar-refractivity contribution >= 4 is 16.6 Å². The summed E-state index contributed by atoms with van der Waals surface area (Å²) in [4.78, 5) is 6.60. The van der Waals surface area contributed by atoms with Crippen LogP contribution >= 0.6 is 0 Å². The molecule has 2 aromatic carbocycles. The van der Waals surface area contributed by atoms with Crippen molar-refractivity contribution in [3.63, 3.8) is 0 Å². The molecule has 1 aliphatic rings. The van der Waals surface area contributed by atoms with E-state index in [0.717, 1.165) is 55.2 Å². The fourth-order valence-corrected chi connectivity index (χ4v) is 3.37. The Labute approximate surface area is 164 Å². The molecule has 0 saturated carbocycles. The molecule has 0 spiro atoms. The summed E-state index contributed by atoms with van der Waals surface area (Å²) in [5.41, 5.74) is 2.64. The van der Waals surface area contributed by atoms with Crippen LogP contribution in [0.3, 0.4) is 0 Å². The first-order valence-electron chi connectivity index (χ1n) is 9.58. The van der Waals surface area contributed by atoms with E-state index in [2.05, 4.69) is 21.3 Å². The number of fused-ring (bicyclic) bond motifs is 1. The highest BCUT2D eigenvalue weighted by Crippen LogP contribution is 2.24. The van der Waals surface area contributed by atoms with Gasteiger partial charge in [-0.25, -0.2) is 4.39 Å². The molecule has 1 N–H and O–H groups in total. The average molecular weight is 381 g/mol. The summed E-state index contributed by atoms with van der Waals surface area (Å²) >= 11 is 0. The lowest BCUT2D eigenvalue weighted by Gasteiger charge is -2.26. The molecule has 0 atom stereocenters. The summed E-state index contributed by atoms with van der Waals surface area (Å²) in [6, 6.07) is 14.6. The molecular weight excluding hydrogens is 357 g/mol. The van der Waals surface area contributed by atoms with Gasteiger partial charge in [0.15, 0.2) is 0 Å². The summed E-state index contributed by atoms with van der Waals surface area (Å²) in [5, 5.41) is 4.33. The lowest BCUT2D eigenvalue weighted by molar-refractivity contribution is 0.0322. The second-order valence-electron chi connectivity index (χ2n) is 6.78. The fourth-order valence-electron chi connectivity index (χ4n) is 3.37. The van der Waals surface area contributed by atoms with Gasteiger partial charge in [0.05, 0.1) is 18.7 Å². The third-order valence-electron chi connectivity index (χ3n) is 4.92. The second kappa shape index (κ2) is 8.99. The summed E-state index contributed by atoms with van der Waals surface area (Å²) in [7, 11) is 0. The van der Waals surface area contributed by atoms with Crippen LogP contribution in [0.25, 0.3) is 10.9 Å². The molecular formula is C22H24FN3O2. The number of ether oxygens (including phenoxy) is 2. The van der Waals surface area contributed by atoms with Crippen LogP contribution in [0.1, 0.15) is 5.56 Å². The van der Waals surface area contributed by atoms with Crippen molar-refractivity contribution in [2.24, 2.45) is 0 Å². The molecule has 1 saturated heterocycles. The monoisotopic (exact) mass is 381 g/mol. The van der Waals surface area contributed by atoms with E-state index in [9.17, 15) is 4.39 Å². The van der Waals surface area contributed by atoms with Gasteiger partial charge in [0.1, 0.15) is 18.2 Å². The molecule has 1 fully saturated rings.